The molecule has 11 heteroatoms. The molecule has 2 aromatic carbocycles. The van der Waals surface area contributed by atoms with Crippen LogP contribution in [0.2, 0.25) is 0 Å². The number of rotatable bonds is 7. The molecule has 0 aliphatic rings. The smallest absolute Gasteiger partial charge is 0.323 e. The maximum atomic E-state index is 12.9. The number of halogens is 1. The lowest BCUT2D eigenvalue weighted by Crippen LogP contribution is -2.27. The Morgan fingerprint density at radius 3 is 2.62 bits per heavy atom. The fourth-order valence-corrected chi connectivity index (χ4v) is 3.84. The Balaban J connectivity index is 1.59. The van der Waals surface area contributed by atoms with Crippen LogP contribution in [-0.4, -0.2) is 46.8 Å². The van der Waals surface area contributed by atoms with E-state index in [1.54, 1.807) is 49.7 Å². The molecule has 0 atom stereocenters. The van der Waals surface area contributed by atoms with E-state index in [9.17, 15) is 9.59 Å². The Labute approximate surface area is 203 Å². The quantitative estimate of drug-likeness (QED) is 0.272. The average Bonchev–Trinajstić information content (AvgIpc) is 3.21. The number of nitrogens with zero attached hydrogens (tertiary/aromatic N) is 3. The minimum Gasteiger partial charge on any atom is -0.383 e. The fraction of sp³-hybridized carbons (Fsp3) is 0.130. The van der Waals surface area contributed by atoms with Crippen molar-refractivity contribution in [2.75, 3.05) is 36.6 Å². The number of benzene rings is 2. The highest BCUT2D eigenvalue weighted by atomic mass is 79.9. The second-order valence-electron chi connectivity index (χ2n) is 7.27. The van der Waals surface area contributed by atoms with Gasteiger partial charge in [-0.2, -0.15) is 5.10 Å². The number of hydrogen-bond acceptors (Lipinski definition) is 6. The maximum Gasteiger partial charge on any atom is 0.323 e. The number of hydrogen-bond donors (Lipinski definition) is 4. The van der Waals surface area contributed by atoms with Crippen LogP contribution in [0, 0.1) is 0 Å². The number of carbonyl (C=O) groups is 2. The van der Waals surface area contributed by atoms with E-state index in [2.05, 4.69) is 42.0 Å². The SMILES string of the molecule is COCCNC(=O)c1cn2ncnc(N)c2c1-c1ccc(NC(=O)Nc2cccc(Br)c2)cc1. The summed E-state index contributed by atoms with van der Waals surface area (Å²) >= 11 is 3.38. The first-order chi connectivity index (χ1) is 16.5. The van der Waals surface area contributed by atoms with Gasteiger partial charge in [0.05, 0.1) is 12.2 Å². The van der Waals surface area contributed by atoms with E-state index in [1.807, 2.05) is 12.1 Å². The number of nitrogens with one attached hydrogen (secondary N) is 3. The summed E-state index contributed by atoms with van der Waals surface area (Å²) in [6, 6.07) is 14.0. The molecule has 0 saturated carbocycles. The zero-order valence-corrected chi connectivity index (χ0v) is 19.8. The number of nitrogen functional groups attached to an aromatic ring is 1. The van der Waals surface area contributed by atoms with Crippen LogP contribution < -0.4 is 21.7 Å². The Hall–Kier alpha value is -3.96. The van der Waals surface area contributed by atoms with Crippen LogP contribution in [0.5, 0.6) is 0 Å². The van der Waals surface area contributed by atoms with Crippen LogP contribution >= 0.6 is 15.9 Å². The number of methoxy groups -OCH3 is 1. The monoisotopic (exact) mass is 523 g/mol. The highest BCUT2D eigenvalue weighted by Crippen LogP contribution is 2.33. The van der Waals surface area contributed by atoms with Gasteiger partial charge in [-0.15, -0.1) is 0 Å². The zero-order chi connectivity index (χ0) is 24.1. The standard InChI is InChI=1S/C23H22BrN7O3/c1-34-10-9-26-22(32)18-12-31-20(21(25)27-13-28-31)19(18)14-5-7-16(8-6-14)29-23(33)30-17-4-2-3-15(24)11-17/h2-8,11-13H,9-10H2,1H3,(H,26,32)(H2,25,27,28)(H2,29,30,33). The molecule has 0 bridgehead atoms. The second-order valence-corrected chi connectivity index (χ2v) is 8.19. The average molecular weight is 524 g/mol. The van der Waals surface area contributed by atoms with E-state index in [-0.39, 0.29) is 17.8 Å². The Morgan fingerprint density at radius 1 is 1.12 bits per heavy atom. The molecule has 174 valence electrons. The third-order valence-corrected chi connectivity index (χ3v) is 5.45. The molecule has 0 saturated heterocycles. The van der Waals surface area contributed by atoms with E-state index in [1.165, 1.54) is 10.8 Å². The molecule has 2 heterocycles. The summed E-state index contributed by atoms with van der Waals surface area (Å²) in [5.74, 6) is -0.0379. The van der Waals surface area contributed by atoms with Gasteiger partial charge in [0.1, 0.15) is 11.8 Å². The van der Waals surface area contributed by atoms with E-state index in [0.29, 0.717) is 41.2 Å². The fourth-order valence-electron chi connectivity index (χ4n) is 3.44. The third-order valence-electron chi connectivity index (χ3n) is 4.95. The molecule has 5 N–H and O–H groups in total. The lowest BCUT2D eigenvalue weighted by atomic mass is 10.0. The molecule has 0 aliphatic heterocycles. The summed E-state index contributed by atoms with van der Waals surface area (Å²) in [6.45, 7) is 0.747. The van der Waals surface area contributed by atoms with Crippen molar-refractivity contribution in [2.24, 2.45) is 0 Å². The molecule has 2 aromatic heterocycles. The van der Waals surface area contributed by atoms with Crippen molar-refractivity contribution in [3.05, 3.63) is 71.1 Å². The van der Waals surface area contributed by atoms with Crippen LogP contribution in [0.15, 0.2) is 65.5 Å². The molecule has 0 unspecified atom stereocenters. The van der Waals surface area contributed by atoms with Crippen LogP contribution in [-0.2, 0) is 4.74 Å². The minimum atomic E-state index is -0.379. The molecule has 0 fully saturated rings. The molecule has 0 aliphatic carbocycles. The summed E-state index contributed by atoms with van der Waals surface area (Å²) in [7, 11) is 1.56. The number of ether oxygens (including phenoxy) is 1. The number of aromatic nitrogens is 3. The second kappa shape index (κ2) is 10.3. The van der Waals surface area contributed by atoms with Gasteiger partial charge in [-0.05, 0) is 35.9 Å². The van der Waals surface area contributed by atoms with E-state index >= 15 is 0 Å². The van der Waals surface area contributed by atoms with Gasteiger partial charge in [-0.25, -0.2) is 14.3 Å². The number of fused-ring (bicyclic) bond motifs is 1. The number of carbonyl (C=O) groups excluding carboxylic acids is 2. The zero-order valence-electron chi connectivity index (χ0n) is 18.2. The number of anilines is 3. The lowest BCUT2D eigenvalue weighted by Gasteiger charge is -2.10. The first-order valence-corrected chi connectivity index (χ1v) is 11.1. The Bertz CT molecular complexity index is 1340. The number of amides is 3. The molecule has 0 spiro atoms. The molecule has 0 radical (unpaired) electrons. The van der Waals surface area contributed by atoms with Gasteiger partial charge in [0.25, 0.3) is 5.91 Å². The van der Waals surface area contributed by atoms with Crippen molar-refractivity contribution in [2.45, 2.75) is 0 Å². The van der Waals surface area contributed by atoms with Crippen molar-refractivity contribution in [3.63, 3.8) is 0 Å². The summed E-state index contributed by atoms with van der Waals surface area (Å²) in [5, 5.41) is 12.6. The predicted octanol–water partition coefficient (Wildman–Crippen LogP) is 3.76. The lowest BCUT2D eigenvalue weighted by molar-refractivity contribution is 0.0937. The molecular formula is C23H22BrN7O3. The van der Waals surface area contributed by atoms with Crippen molar-refractivity contribution in [1.29, 1.82) is 0 Å². The van der Waals surface area contributed by atoms with Gasteiger partial charge in [0.2, 0.25) is 0 Å². The van der Waals surface area contributed by atoms with Gasteiger partial charge in [-0.1, -0.05) is 34.1 Å². The molecule has 4 rings (SSSR count). The van der Waals surface area contributed by atoms with Gasteiger partial charge in [0, 0.05) is 41.3 Å². The first-order valence-electron chi connectivity index (χ1n) is 10.3. The normalized spacial score (nSPS) is 10.8. The third kappa shape index (κ3) is 5.16. The van der Waals surface area contributed by atoms with Crippen LogP contribution in [0.3, 0.4) is 0 Å². The summed E-state index contributed by atoms with van der Waals surface area (Å²) < 4.78 is 7.39. The van der Waals surface area contributed by atoms with Crippen molar-refractivity contribution >= 4 is 50.6 Å². The first kappa shape index (κ1) is 23.2. The van der Waals surface area contributed by atoms with E-state index in [4.69, 9.17) is 10.5 Å². The molecule has 10 nitrogen and oxygen atoms in total. The van der Waals surface area contributed by atoms with Crippen LogP contribution in [0.1, 0.15) is 10.4 Å². The number of urea groups is 1. The minimum absolute atomic E-state index is 0.247. The summed E-state index contributed by atoms with van der Waals surface area (Å²) in [5.41, 5.74) is 9.59. The van der Waals surface area contributed by atoms with E-state index in [0.717, 1.165) is 10.0 Å². The van der Waals surface area contributed by atoms with Gasteiger partial charge in [0.15, 0.2) is 5.82 Å². The topological polar surface area (TPSA) is 136 Å². The molecule has 4 aromatic rings. The predicted molar refractivity (Wildman–Crippen MR) is 134 cm³/mol. The van der Waals surface area contributed by atoms with Gasteiger partial charge in [-0.3, -0.25) is 4.79 Å². The highest BCUT2D eigenvalue weighted by Gasteiger charge is 2.21. The van der Waals surface area contributed by atoms with Crippen molar-refractivity contribution < 1.29 is 14.3 Å². The van der Waals surface area contributed by atoms with Crippen LogP contribution in [0.25, 0.3) is 16.6 Å². The summed E-state index contributed by atoms with van der Waals surface area (Å²) in [6.07, 6.45) is 2.94. The van der Waals surface area contributed by atoms with E-state index < -0.39 is 0 Å². The van der Waals surface area contributed by atoms with Crippen LogP contribution in [0.4, 0.5) is 22.0 Å². The van der Waals surface area contributed by atoms with Crippen molar-refractivity contribution in [1.82, 2.24) is 19.9 Å². The Kier molecular flexibility index (Phi) is 7.04. The van der Waals surface area contributed by atoms with Crippen molar-refractivity contribution in [3.8, 4) is 11.1 Å². The largest absolute Gasteiger partial charge is 0.383 e. The molecule has 34 heavy (non-hydrogen) atoms. The maximum absolute atomic E-state index is 12.9. The molecular weight excluding hydrogens is 502 g/mol. The summed E-state index contributed by atoms with van der Waals surface area (Å²) in [4.78, 5) is 29.3. The highest BCUT2D eigenvalue weighted by molar-refractivity contribution is 9.10. The van der Waals surface area contributed by atoms with Gasteiger partial charge < -0.3 is 26.4 Å². The molecule has 3 amide bonds. The van der Waals surface area contributed by atoms with Gasteiger partial charge >= 0.3 is 6.03 Å². The number of nitrogens with two attached hydrogens (primary N) is 1. The Morgan fingerprint density at radius 2 is 1.88 bits per heavy atom.